The van der Waals surface area contributed by atoms with Crippen LogP contribution in [0, 0.1) is 36.5 Å². The van der Waals surface area contributed by atoms with E-state index in [2.05, 4.69) is 18.2 Å². The number of nitrogens with zero attached hydrogens (tertiary/aromatic N) is 2. The highest BCUT2D eigenvalue weighted by Crippen LogP contribution is 2.22. The monoisotopic (exact) mass is 290 g/mol. The molecule has 0 saturated carbocycles. The van der Waals surface area contributed by atoms with Gasteiger partial charge in [0.05, 0.1) is 30.2 Å². The number of ether oxygens (including phenoxy) is 1. The minimum atomic E-state index is -0.265. The van der Waals surface area contributed by atoms with Crippen LogP contribution < -0.4 is 4.74 Å². The zero-order valence-corrected chi connectivity index (χ0v) is 12.8. The SMILES string of the molecule is Cc1ccc(OCCC(C#N)c2cccc(C#N)c2)c(C)c1. The molecule has 0 bridgehead atoms. The Morgan fingerprint density at radius 2 is 1.91 bits per heavy atom. The molecule has 2 aromatic rings. The molecule has 0 aliphatic rings. The largest absolute Gasteiger partial charge is 0.493 e. The smallest absolute Gasteiger partial charge is 0.122 e. The number of aryl methyl sites for hydroxylation is 2. The molecule has 0 heterocycles. The van der Waals surface area contributed by atoms with Crippen molar-refractivity contribution < 1.29 is 4.74 Å². The van der Waals surface area contributed by atoms with E-state index in [1.165, 1.54) is 5.56 Å². The summed E-state index contributed by atoms with van der Waals surface area (Å²) in [5, 5.41) is 18.3. The van der Waals surface area contributed by atoms with E-state index in [-0.39, 0.29) is 5.92 Å². The molecule has 3 heteroatoms. The van der Waals surface area contributed by atoms with E-state index < -0.39 is 0 Å². The van der Waals surface area contributed by atoms with E-state index in [4.69, 9.17) is 10.00 Å². The molecule has 0 radical (unpaired) electrons. The first-order valence-corrected chi connectivity index (χ1v) is 7.24. The molecule has 0 aliphatic heterocycles. The number of hydrogen-bond donors (Lipinski definition) is 0. The van der Waals surface area contributed by atoms with Gasteiger partial charge in [-0.15, -0.1) is 0 Å². The molecule has 3 nitrogen and oxygen atoms in total. The van der Waals surface area contributed by atoms with Crippen LogP contribution >= 0.6 is 0 Å². The predicted octanol–water partition coefficient (Wildman–Crippen LogP) is 4.25. The predicted molar refractivity (Wildman–Crippen MR) is 85.5 cm³/mol. The molecule has 0 N–H and O–H groups in total. The van der Waals surface area contributed by atoms with Crippen LogP contribution in [0.5, 0.6) is 5.75 Å². The van der Waals surface area contributed by atoms with Crippen molar-refractivity contribution in [1.82, 2.24) is 0 Å². The fourth-order valence-electron chi connectivity index (χ4n) is 2.38. The summed E-state index contributed by atoms with van der Waals surface area (Å²) in [4.78, 5) is 0. The standard InChI is InChI=1S/C19H18N2O/c1-14-6-7-19(15(2)10-14)22-9-8-18(13-21)17-5-3-4-16(11-17)12-20/h3-7,10-11,18H,8-9H2,1-2H3. The van der Waals surface area contributed by atoms with Gasteiger partial charge in [0.15, 0.2) is 0 Å². The first-order chi connectivity index (χ1) is 10.6. The Labute approximate surface area is 131 Å². The molecule has 0 aliphatic carbocycles. The first kappa shape index (κ1) is 15.6. The van der Waals surface area contributed by atoms with Crippen LogP contribution in [0.25, 0.3) is 0 Å². The second-order valence-electron chi connectivity index (χ2n) is 5.33. The molecule has 0 spiro atoms. The summed E-state index contributed by atoms with van der Waals surface area (Å²) < 4.78 is 5.79. The lowest BCUT2D eigenvalue weighted by atomic mass is 9.96. The summed E-state index contributed by atoms with van der Waals surface area (Å²) in [6.45, 7) is 4.53. The van der Waals surface area contributed by atoms with Crippen LogP contribution in [0.2, 0.25) is 0 Å². The molecular formula is C19H18N2O. The summed E-state index contributed by atoms with van der Waals surface area (Å²) in [5.41, 5.74) is 3.74. The molecular weight excluding hydrogens is 272 g/mol. The zero-order valence-electron chi connectivity index (χ0n) is 12.8. The maximum Gasteiger partial charge on any atom is 0.122 e. The van der Waals surface area contributed by atoms with E-state index in [1.807, 2.05) is 38.1 Å². The van der Waals surface area contributed by atoms with Crippen molar-refractivity contribution in [3.8, 4) is 17.9 Å². The highest BCUT2D eigenvalue weighted by molar-refractivity contribution is 5.37. The molecule has 0 fully saturated rings. The van der Waals surface area contributed by atoms with Crippen LogP contribution in [0.4, 0.5) is 0 Å². The first-order valence-electron chi connectivity index (χ1n) is 7.24. The maximum atomic E-state index is 9.34. The topological polar surface area (TPSA) is 56.8 Å². The summed E-state index contributed by atoms with van der Waals surface area (Å²) in [6, 6.07) is 17.6. The van der Waals surface area contributed by atoms with Crippen LogP contribution in [-0.2, 0) is 0 Å². The highest BCUT2D eigenvalue weighted by Gasteiger charge is 2.12. The normalized spacial score (nSPS) is 11.3. The molecule has 0 amide bonds. The molecule has 0 saturated heterocycles. The molecule has 1 atom stereocenters. The second-order valence-corrected chi connectivity index (χ2v) is 5.33. The summed E-state index contributed by atoms with van der Waals surface area (Å²) in [7, 11) is 0. The summed E-state index contributed by atoms with van der Waals surface area (Å²) in [5.74, 6) is 0.590. The van der Waals surface area contributed by atoms with Crippen molar-refractivity contribution in [3.63, 3.8) is 0 Å². The van der Waals surface area contributed by atoms with E-state index in [0.717, 1.165) is 16.9 Å². The average Bonchev–Trinajstić information content (AvgIpc) is 2.53. The van der Waals surface area contributed by atoms with E-state index in [1.54, 1.807) is 12.1 Å². The Hall–Kier alpha value is -2.78. The van der Waals surface area contributed by atoms with Crippen molar-refractivity contribution in [2.75, 3.05) is 6.61 Å². The minimum Gasteiger partial charge on any atom is -0.493 e. The third-order valence-electron chi connectivity index (χ3n) is 3.57. The van der Waals surface area contributed by atoms with E-state index in [0.29, 0.717) is 18.6 Å². The quantitative estimate of drug-likeness (QED) is 0.827. The molecule has 2 aromatic carbocycles. The molecule has 22 heavy (non-hydrogen) atoms. The van der Waals surface area contributed by atoms with Crippen LogP contribution in [0.3, 0.4) is 0 Å². The van der Waals surface area contributed by atoms with Gasteiger partial charge in [0.1, 0.15) is 5.75 Å². The molecule has 1 unspecified atom stereocenters. The van der Waals surface area contributed by atoms with Gasteiger partial charge in [-0.1, -0.05) is 29.8 Å². The van der Waals surface area contributed by atoms with Gasteiger partial charge in [-0.2, -0.15) is 10.5 Å². The Morgan fingerprint density at radius 1 is 1.09 bits per heavy atom. The highest BCUT2D eigenvalue weighted by atomic mass is 16.5. The Kier molecular flexibility index (Phi) is 5.17. The third kappa shape index (κ3) is 3.87. The maximum absolute atomic E-state index is 9.34. The van der Waals surface area contributed by atoms with Gasteiger partial charge in [0.2, 0.25) is 0 Å². The van der Waals surface area contributed by atoms with Crippen molar-refractivity contribution in [2.24, 2.45) is 0 Å². The van der Waals surface area contributed by atoms with Gasteiger partial charge in [0.25, 0.3) is 0 Å². The fourth-order valence-corrected chi connectivity index (χ4v) is 2.38. The van der Waals surface area contributed by atoms with E-state index >= 15 is 0 Å². The Balaban J connectivity index is 2.00. The van der Waals surface area contributed by atoms with Gasteiger partial charge in [-0.05, 0) is 43.2 Å². The van der Waals surface area contributed by atoms with Crippen LogP contribution in [-0.4, -0.2) is 6.61 Å². The zero-order chi connectivity index (χ0) is 15.9. The lowest BCUT2D eigenvalue weighted by Crippen LogP contribution is -2.05. The molecule has 0 aromatic heterocycles. The number of rotatable bonds is 5. The Morgan fingerprint density at radius 3 is 2.59 bits per heavy atom. The van der Waals surface area contributed by atoms with Crippen molar-refractivity contribution in [1.29, 1.82) is 10.5 Å². The van der Waals surface area contributed by atoms with Gasteiger partial charge in [-0.25, -0.2) is 0 Å². The number of benzene rings is 2. The van der Waals surface area contributed by atoms with Crippen molar-refractivity contribution in [2.45, 2.75) is 26.2 Å². The van der Waals surface area contributed by atoms with Crippen molar-refractivity contribution >= 4 is 0 Å². The lowest BCUT2D eigenvalue weighted by Gasteiger charge is -2.13. The van der Waals surface area contributed by atoms with Crippen LogP contribution in [0.1, 0.15) is 34.6 Å². The van der Waals surface area contributed by atoms with Gasteiger partial charge in [-0.3, -0.25) is 0 Å². The van der Waals surface area contributed by atoms with Gasteiger partial charge < -0.3 is 4.74 Å². The summed E-state index contributed by atoms with van der Waals surface area (Å²) in [6.07, 6.45) is 0.596. The van der Waals surface area contributed by atoms with Crippen molar-refractivity contribution in [3.05, 3.63) is 64.7 Å². The fraction of sp³-hybridized carbons (Fsp3) is 0.263. The number of nitriles is 2. The van der Waals surface area contributed by atoms with E-state index in [9.17, 15) is 5.26 Å². The van der Waals surface area contributed by atoms with Gasteiger partial charge >= 0.3 is 0 Å². The molecule has 110 valence electrons. The second kappa shape index (κ2) is 7.29. The van der Waals surface area contributed by atoms with Crippen LogP contribution in [0.15, 0.2) is 42.5 Å². The van der Waals surface area contributed by atoms with Gasteiger partial charge in [0, 0.05) is 6.42 Å². The lowest BCUT2D eigenvalue weighted by molar-refractivity contribution is 0.304. The third-order valence-corrected chi connectivity index (χ3v) is 3.57. The summed E-state index contributed by atoms with van der Waals surface area (Å²) >= 11 is 0. The number of hydrogen-bond acceptors (Lipinski definition) is 3. The average molecular weight is 290 g/mol. The molecule has 2 rings (SSSR count). The Bertz CT molecular complexity index is 738. The minimum absolute atomic E-state index is 0.265.